The maximum absolute atomic E-state index is 13.9. The number of halogens is 2. The van der Waals surface area contributed by atoms with E-state index in [0.29, 0.717) is 17.1 Å². The van der Waals surface area contributed by atoms with E-state index in [-0.39, 0.29) is 30.8 Å². The molecule has 0 aromatic heterocycles. The van der Waals surface area contributed by atoms with Crippen molar-refractivity contribution in [1.82, 2.24) is 5.32 Å². The zero-order valence-electron chi connectivity index (χ0n) is 15.0. The second-order valence-electron chi connectivity index (χ2n) is 5.74. The number of nitrogens with one attached hydrogen (secondary N) is 1. The summed E-state index contributed by atoms with van der Waals surface area (Å²) in [6.07, 6.45) is 0. The van der Waals surface area contributed by atoms with Crippen LogP contribution in [0.15, 0.2) is 42.5 Å². The number of amides is 1. The molecule has 2 aromatic rings. The lowest BCUT2D eigenvalue weighted by Gasteiger charge is -2.24. The van der Waals surface area contributed by atoms with Gasteiger partial charge >= 0.3 is 0 Å². The summed E-state index contributed by atoms with van der Waals surface area (Å²) in [5, 5.41) is 2.93. The van der Waals surface area contributed by atoms with Crippen LogP contribution < -0.4 is 20.5 Å². The fourth-order valence-electron chi connectivity index (χ4n) is 2.48. The fourth-order valence-corrected chi connectivity index (χ4v) is 2.48. The zero-order chi connectivity index (χ0) is 18.4. The van der Waals surface area contributed by atoms with Crippen LogP contribution in [-0.4, -0.2) is 26.7 Å². The summed E-state index contributed by atoms with van der Waals surface area (Å²) in [5.41, 5.74) is 6.86. The number of nitrogens with two attached hydrogens (primary N) is 1. The third kappa shape index (κ3) is 5.09. The van der Waals surface area contributed by atoms with Gasteiger partial charge < -0.3 is 20.5 Å². The van der Waals surface area contributed by atoms with Crippen molar-refractivity contribution in [2.75, 3.05) is 20.8 Å². The molecule has 0 saturated carbocycles. The molecule has 2 aromatic carbocycles. The van der Waals surface area contributed by atoms with Crippen molar-refractivity contribution < 1.29 is 18.7 Å². The first-order valence-electron chi connectivity index (χ1n) is 7.98. The number of rotatable bonds is 7. The van der Waals surface area contributed by atoms with E-state index in [2.05, 4.69) is 5.32 Å². The molecule has 26 heavy (non-hydrogen) atoms. The van der Waals surface area contributed by atoms with Gasteiger partial charge in [0.1, 0.15) is 17.3 Å². The van der Waals surface area contributed by atoms with Crippen LogP contribution in [-0.2, 0) is 4.79 Å². The highest BCUT2D eigenvalue weighted by molar-refractivity contribution is 5.85. The number of carbonyl (C=O) groups excluding carboxylic acids is 1. The topological polar surface area (TPSA) is 73.6 Å². The average Bonchev–Trinajstić information content (AvgIpc) is 2.65. The molecule has 2 rings (SSSR count). The third-order valence-electron chi connectivity index (χ3n) is 4.02. The van der Waals surface area contributed by atoms with Gasteiger partial charge in [0.05, 0.1) is 20.3 Å². The first-order chi connectivity index (χ1) is 12.0. The van der Waals surface area contributed by atoms with Crippen LogP contribution in [0.1, 0.15) is 24.1 Å². The molecule has 0 aliphatic carbocycles. The largest absolute Gasteiger partial charge is 0.497 e. The van der Waals surface area contributed by atoms with Crippen LogP contribution in [0.5, 0.6) is 11.5 Å². The Morgan fingerprint density at radius 1 is 1.19 bits per heavy atom. The molecule has 5 nitrogen and oxygen atoms in total. The SMILES string of the molecule is COc1cccc(C(NC(=O)C(C)CN)c2cc(F)ccc2OC)c1.Cl. The highest BCUT2D eigenvalue weighted by atomic mass is 35.5. The molecule has 0 bridgehead atoms. The smallest absolute Gasteiger partial charge is 0.224 e. The van der Waals surface area contributed by atoms with E-state index in [4.69, 9.17) is 15.2 Å². The number of hydrogen-bond acceptors (Lipinski definition) is 4. The van der Waals surface area contributed by atoms with Crippen molar-refractivity contribution in [3.8, 4) is 11.5 Å². The Morgan fingerprint density at radius 2 is 1.92 bits per heavy atom. The summed E-state index contributed by atoms with van der Waals surface area (Å²) in [4.78, 5) is 12.4. The lowest BCUT2D eigenvalue weighted by molar-refractivity contribution is -0.124. The first-order valence-corrected chi connectivity index (χ1v) is 7.98. The number of methoxy groups -OCH3 is 2. The minimum Gasteiger partial charge on any atom is -0.497 e. The Morgan fingerprint density at radius 3 is 2.54 bits per heavy atom. The van der Waals surface area contributed by atoms with Crippen LogP contribution in [0.4, 0.5) is 4.39 Å². The maximum atomic E-state index is 13.9. The molecule has 0 aliphatic heterocycles. The minimum atomic E-state index is -0.595. The van der Waals surface area contributed by atoms with Gasteiger partial charge in [-0.3, -0.25) is 4.79 Å². The molecule has 0 spiro atoms. The lowest BCUT2D eigenvalue weighted by Crippen LogP contribution is -2.36. The molecule has 2 atom stereocenters. The van der Waals surface area contributed by atoms with Gasteiger partial charge in [-0.05, 0) is 35.9 Å². The summed E-state index contributed by atoms with van der Waals surface area (Å²) in [5.74, 6) is 0.119. The summed E-state index contributed by atoms with van der Waals surface area (Å²) in [7, 11) is 3.07. The number of ether oxygens (including phenoxy) is 2. The molecule has 0 fully saturated rings. The van der Waals surface area contributed by atoms with E-state index in [1.807, 2.05) is 12.1 Å². The Labute approximate surface area is 159 Å². The second-order valence-corrected chi connectivity index (χ2v) is 5.74. The van der Waals surface area contributed by atoms with E-state index >= 15 is 0 Å². The molecule has 7 heteroatoms. The number of hydrogen-bond donors (Lipinski definition) is 2. The van der Waals surface area contributed by atoms with Crippen LogP contribution in [0, 0.1) is 11.7 Å². The van der Waals surface area contributed by atoms with Gasteiger partial charge in [0.15, 0.2) is 0 Å². The van der Waals surface area contributed by atoms with Gasteiger partial charge in [-0.25, -0.2) is 4.39 Å². The predicted molar refractivity (Wildman–Crippen MR) is 101 cm³/mol. The van der Waals surface area contributed by atoms with Crippen molar-refractivity contribution in [3.63, 3.8) is 0 Å². The molecule has 0 heterocycles. The highest BCUT2D eigenvalue weighted by Gasteiger charge is 2.23. The maximum Gasteiger partial charge on any atom is 0.224 e. The van der Waals surface area contributed by atoms with Crippen molar-refractivity contribution >= 4 is 18.3 Å². The van der Waals surface area contributed by atoms with Crippen molar-refractivity contribution in [2.24, 2.45) is 11.7 Å². The van der Waals surface area contributed by atoms with E-state index in [0.717, 1.165) is 5.56 Å². The van der Waals surface area contributed by atoms with Crippen LogP contribution in [0.3, 0.4) is 0 Å². The number of carbonyl (C=O) groups is 1. The zero-order valence-corrected chi connectivity index (χ0v) is 15.8. The van der Waals surface area contributed by atoms with Crippen LogP contribution in [0.25, 0.3) is 0 Å². The molecule has 0 aliphatic rings. The van der Waals surface area contributed by atoms with E-state index < -0.39 is 11.9 Å². The summed E-state index contributed by atoms with van der Waals surface area (Å²) < 4.78 is 24.5. The summed E-state index contributed by atoms with van der Waals surface area (Å²) >= 11 is 0. The normalized spacial score (nSPS) is 12.5. The Balaban J connectivity index is 0.00000338. The van der Waals surface area contributed by atoms with Gasteiger partial charge in [-0.15, -0.1) is 12.4 Å². The molecule has 0 radical (unpaired) electrons. The predicted octanol–water partition coefficient (Wildman–Crippen LogP) is 3.07. The van der Waals surface area contributed by atoms with Crippen molar-refractivity contribution in [1.29, 1.82) is 0 Å². The van der Waals surface area contributed by atoms with Crippen molar-refractivity contribution in [2.45, 2.75) is 13.0 Å². The standard InChI is InChI=1S/C19H23FN2O3.ClH/c1-12(11-21)19(23)22-18(13-5-4-6-15(9-13)24-2)16-10-14(20)7-8-17(16)25-3;/h4-10,12,18H,11,21H2,1-3H3,(H,22,23);1H. The third-order valence-corrected chi connectivity index (χ3v) is 4.02. The van der Waals surface area contributed by atoms with Crippen LogP contribution in [0.2, 0.25) is 0 Å². The van der Waals surface area contributed by atoms with Gasteiger partial charge in [0.25, 0.3) is 0 Å². The highest BCUT2D eigenvalue weighted by Crippen LogP contribution is 2.32. The number of benzene rings is 2. The molecule has 3 N–H and O–H groups in total. The quantitative estimate of drug-likeness (QED) is 0.771. The first kappa shape index (κ1) is 21.7. The minimum absolute atomic E-state index is 0. The van der Waals surface area contributed by atoms with E-state index in [1.165, 1.54) is 25.3 Å². The molecule has 142 valence electrons. The molecular weight excluding hydrogens is 359 g/mol. The van der Waals surface area contributed by atoms with Gasteiger partial charge in [-0.2, -0.15) is 0 Å². The fraction of sp³-hybridized carbons (Fsp3) is 0.316. The van der Waals surface area contributed by atoms with E-state index in [9.17, 15) is 9.18 Å². The van der Waals surface area contributed by atoms with E-state index in [1.54, 1.807) is 26.2 Å². The van der Waals surface area contributed by atoms with Gasteiger partial charge in [-0.1, -0.05) is 19.1 Å². The van der Waals surface area contributed by atoms with Crippen LogP contribution >= 0.6 is 12.4 Å². The molecule has 1 amide bonds. The summed E-state index contributed by atoms with van der Waals surface area (Å²) in [6, 6.07) is 10.9. The van der Waals surface area contributed by atoms with Gasteiger partial charge in [0, 0.05) is 18.0 Å². The summed E-state index contributed by atoms with van der Waals surface area (Å²) in [6.45, 7) is 1.96. The Bertz CT molecular complexity index is 742. The molecule has 2 unspecified atom stereocenters. The average molecular weight is 383 g/mol. The Kier molecular flexibility index (Phi) is 8.35. The Hall–Kier alpha value is -2.31. The van der Waals surface area contributed by atoms with Crippen molar-refractivity contribution in [3.05, 3.63) is 59.4 Å². The molecular formula is C19H24ClFN2O3. The van der Waals surface area contributed by atoms with Gasteiger partial charge in [0.2, 0.25) is 5.91 Å². The molecule has 0 saturated heterocycles. The lowest BCUT2D eigenvalue weighted by atomic mass is 9.96. The second kappa shape index (κ2) is 9.99. The monoisotopic (exact) mass is 382 g/mol.